The summed E-state index contributed by atoms with van der Waals surface area (Å²) in [6, 6.07) is 0. The van der Waals surface area contributed by atoms with Gasteiger partial charge in [-0.3, -0.25) is 0 Å². The molecule has 0 heterocycles. The summed E-state index contributed by atoms with van der Waals surface area (Å²) in [5.74, 6) is 0.447. The van der Waals surface area contributed by atoms with Crippen molar-refractivity contribution in [1.82, 2.24) is 0 Å². The lowest BCUT2D eigenvalue weighted by Gasteiger charge is -2.21. The second-order valence-corrected chi connectivity index (χ2v) is 3.16. The molecule has 0 radical (unpaired) electrons. The Kier molecular flexibility index (Phi) is 1.54. The maximum Gasteiger partial charge on any atom is 0.0547 e. The SMILES string of the molecule is NC1=CC2=CC=CCC2C=C1N. The first-order valence-corrected chi connectivity index (χ1v) is 4.09. The Bertz CT molecular complexity index is 319. The van der Waals surface area contributed by atoms with Gasteiger partial charge in [-0.2, -0.15) is 0 Å². The van der Waals surface area contributed by atoms with Crippen molar-refractivity contribution >= 4 is 0 Å². The van der Waals surface area contributed by atoms with E-state index in [-0.39, 0.29) is 0 Å². The third-order valence-corrected chi connectivity index (χ3v) is 2.28. The van der Waals surface area contributed by atoms with E-state index in [1.54, 1.807) is 0 Å². The van der Waals surface area contributed by atoms with E-state index >= 15 is 0 Å². The molecule has 0 saturated carbocycles. The molecule has 0 aromatic carbocycles. The van der Waals surface area contributed by atoms with Crippen LogP contribution in [-0.2, 0) is 0 Å². The normalized spacial score (nSPS) is 27.0. The Morgan fingerprint density at radius 3 is 2.92 bits per heavy atom. The molecule has 2 nitrogen and oxygen atoms in total. The highest BCUT2D eigenvalue weighted by molar-refractivity contribution is 5.45. The first-order valence-electron chi connectivity index (χ1n) is 4.09. The lowest BCUT2D eigenvalue weighted by atomic mass is 9.86. The summed E-state index contributed by atoms with van der Waals surface area (Å²) in [4.78, 5) is 0. The molecule has 62 valence electrons. The van der Waals surface area contributed by atoms with Crippen LogP contribution in [0.4, 0.5) is 0 Å². The molecule has 1 atom stereocenters. The highest BCUT2D eigenvalue weighted by Crippen LogP contribution is 2.28. The van der Waals surface area contributed by atoms with Gasteiger partial charge in [-0.25, -0.2) is 0 Å². The van der Waals surface area contributed by atoms with Crippen molar-refractivity contribution in [1.29, 1.82) is 0 Å². The molecule has 2 heteroatoms. The van der Waals surface area contributed by atoms with Crippen molar-refractivity contribution in [2.24, 2.45) is 17.4 Å². The number of hydrogen-bond acceptors (Lipinski definition) is 2. The van der Waals surface area contributed by atoms with Gasteiger partial charge in [0.1, 0.15) is 0 Å². The van der Waals surface area contributed by atoms with Crippen LogP contribution < -0.4 is 11.5 Å². The fourth-order valence-corrected chi connectivity index (χ4v) is 1.56. The van der Waals surface area contributed by atoms with Gasteiger partial charge in [0.05, 0.1) is 11.4 Å². The smallest absolute Gasteiger partial charge is 0.0547 e. The van der Waals surface area contributed by atoms with Crippen LogP contribution >= 0.6 is 0 Å². The summed E-state index contributed by atoms with van der Waals surface area (Å²) in [6.45, 7) is 0. The van der Waals surface area contributed by atoms with Crippen molar-refractivity contribution in [3.8, 4) is 0 Å². The number of nitrogens with two attached hydrogens (primary N) is 2. The van der Waals surface area contributed by atoms with E-state index in [9.17, 15) is 0 Å². The third-order valence-electron chi connectivity index (χ3n) is 2.28. The molecular weight excluding hydrogens is 148 g/mol. The van der Waals surface area contributed by atoms with Crippen LogP contribution in [-0.4, -0.2) is 0 Å². The zero-order valence-electron chi connectivity index (χ0n) is 6.83. The summed E-state index contributed by atoms with van der Waals surface area (Å²) >= 11 is 0. The highest BCUT2D eigenvalue weighted by atomic mass is 14.7. The van der Waals surface area contributed by atoms with Crippen LogP contribution in [0.1, 0.15) is 6.42 Å². The van der Waals surface area contributed by atoms with E-state index in [2.05, 4.69) is 18.2 Å². The minimum atomic E-state index is 0.447. The van der Waals surface area contributed by atoms with Crippen LogP contribution in [0.15, 0.2) is 47.3 Å². The molecule has 1 unspecified atom stereocenters. The zero-order chi connectivity index (χ0) is 8.55. The second-order valence-electron chi connectivity index (χ2n) is 3.16. The third kappa shape index (κ3) is 1.05. The predicted molar refractivity (Wildman–Crippen MR) is 49.9 cm³/mol. The largest absolute Gasteiger partial charge is 0.397 e. The van der Waals surface area contributed by atoms with Crippen molar-refractivity contribution in [3.63, 3.8) is 0 Å². The van der Waals surface area contributed by atoms with E-state index in [1.807, 2.05) is 12.2 Å². The van der Waals surface area contributed by atoms with Gasteiger partial charge in [-0.1, -0.05) is 24.3 Å². The molecule has 0 bridgehead atoms. The lowest BCUT2D eigenvalue weighted by Crippen LogP contribution is -2.17. The molecule has 4 N–H and O–H groups in total. The lowest BCUT2D eigenvalue weighted by molar-refractivity contribution is 0.764. The molecule has 0 amide bonds. The molecule has 0 fully saturated rings. The monoisotopic (exact) mass is 160 g/mol. The van der Waals surface area contributed by atoms with Gasteiger partial charge in [-0.15, -0.1) is 0 Å². The van der Waals surface area contributed by atoms with Gasteiger partial charge < -0.3 is 11.5 Å². The van der Waals surface area contributed by atoms with Crippen LogP contribution in [0, 0.1) is 5.92 Å². The van der Waals surface area contributed by atoms with Gasteiger partial charge in [-0.05, 0) is 18.1 Å². The van der Waals surface area contributed by atoms with Gasteiger partial charge in [0.25, 0.3) is 0 Å². The minimum Gasteiger partial charge on any atom is -0.397 e. The van der Waals surface area contributed by atoms with Crippen LogP contribution in [0.5, 0.6) is 0 Å². The topological polar surface area (TPSA) is 52.0 Å². The molecule has 12 heavy (non-hydrogen) atoms. The van der Waals surface area contributed by atoms with E-state index in [4.69, 9.17) is 11.5 Å². The molecule has 0 saturated heterocycles. The quantitative estimate of drug-likeness (QED) is 0.559. The molecule has 0 aromatic rings. The van der Waals surface area contributed by atoms with Crippen LogP contribution in [0.25, 0.3) is 0 Å². The van der Waals surface area contributed by atoms with E-state index in [0.717, 1.165) is 6.42 Å². The van der Waals surface area contributed by atoms with E-state index in [1.165, 1.54) is 5.57 Å². The summed E-state index contributed by atoms with van der Waals surface area (Å²) in [6.07, 6.45) is 11.3. The van der Waals surface area contributed by atoms with Crippen molar-refractivity contribution in [2.75, 3.05) is 0 Å². The molecule has 0 aliphatic heterocycles. The molecule has 0 spiro atoms. The van der Waals surface area contributed by atoms with Gasteiger partial charge in [0.2, 0.25) is 0 Å². The highest BCUT2D eigenvalue weighted by Gasteiger charge is 2.16. The average Bonchev–Trinajstić information content (AvgIpc) is 2.07. The maximum atomic E-state index is 5.70. The maximum absolute atomic E-state index is 5.70. The average molecular weight is 160 g/mol. The first-order chi connectivity index (χ1) is 5.77. The summed E-state index contributed by atoms with van der Waals surface area (Å²) in [5.41, 5.74) is 14.1. The fraction of sp³-hybridized carbons (Fsp3) is 0.200. The van der Waals surface area contributed by atoms with Gasteiger partial charge in [0, 0.05) is 5.92 Å². The Labute approximate surface area is 71.9 Å². The van der Waals surface area contributed by atoms with Crippen LogP contribution in [0.2, 0.25) is 0 Å². The first kappa shape index (κ1) is 7.22. The van der Waals surface area contributed by atoms with Crippen molar-refractivity contribution in [3.05, 3.63) is 47.3 Å². The molecule has 2 aliphatic rings. The Hall–Kier alpha value is -1.44. The summed E-state index contributed by atoms with van der Waals surface area (Å²) < 4.78 is 0. The minimum absolute atomic E-state index is 0.447. The second kappa shape index (κ2) is 2.55. The number of allylic oxidation sites excluding steroid dienone is 6. The zero-order valence-corrected chi connectivity index (χ0v) is 6.83. The number of hydrogen-bond donors (Lipinski definition) is 2. The number of fused-ring (bicyclic) bond motifs is 1. The standard InChI is InChI=1S/C10H12N2/c11-9-5-7-3-1-2-4-8(7)6-10(9)12/h1-3,5-6,8H,4,11-12H2. The van der Waals surface area contributed by atoms with E-state index in [0.29, 0.717) is 17.3 Å². The number of rotatable bonds is 0. The van der Waals surface area contributed by atoms with Gasteiger partial charge in [0.15, 0.2) is 0 Å². The van der Waals surface area contributed by atoms with Crippen LogP contribution in [0.3, 0.4) is 0 Å². The fourth-order valence-electron chi connectivity index (χ4n) is 1.56. The molecule has 2 aliphatic carbocycles. The summed E-state index contributed by atoms with van der Waals surface area (Å²) in [7, 11) is 0. The van der Waals surface area contributed by atoms with Crippen molar-refractivity contribution < 1.29 is 0 Å². The van der Waals surface area contributed by atoms with Crippen molar-refractivity contribution in [2.45, 2.75) is 6.42 Å². The van der Waals surface area contributed by atoms with Gasteiger partial charge >= 0.3 is 0 Å². The molecular formula is C10H12N2. The molecule has 0 aromatic heterocycles. The molecule has 2 rings (SSSR count). The summed E-state index contributed by atoms with van der Waals surface area (Å²) in [5, 5.41) is 0. The Balaban J connectivity index is 2.39. The Morgan fingerprint density at radius 2 is 2.08 bits per heavy atom. The predicted octanol–water partition coefficient (Wildman–Crippen LogP) is 1.19. The van der Waals surface area contributed by atoms with E-state index < -0.39 is 0 Å². The Morgan fingerprint density at radius 1 is 1.25 bits per heavy atom.